The molecule has 7 heteroatoms. The molecule has 128 valence electrons. The Morgan fingerprint density at radius 1 is 1.29 bits per heavy atom. The molecular formula is C17H21N3O3S. The lowest BCUT2D eigenvalue weighted by molar-refractivity contribution is -0.121. The Morgan fingerprint density at radius 2 is 2.08 bits per heavy atom. The lowest BCUT2D eigenvalue weighted by Crippen LogP contribution is -2.37. The second-order valence-corrected chi connectivity index (χ2v) is 6.29. The van der Waals surface area contributed by atoms with E-state index in [2.05, 4.69) is 16.0 Å². The first-order valence-corrected chi connectivity index (χ1v) is 8.40. The zero-order chi connectivity index (χ0) is 17.5. The van der Waals surface area contributed by atoms with E-state index in [0.29, 0.717) is 23.7 Å². The number of hydrogen-bond donors (Lipinski definition) is 3. The van der Waals surface area contributed by atoms with E-state index in [4.69, 9.17) is 4.74 Å². The van der Waals surface area contributed by atoms with Crippen LogP contribution >= 0.6 is 11.3 Å². The van der Waals surface area contributed by atoms with Crippen molar-refractivity contribution in [2.75, 3.05) is 17.7 Å². The molecule has 2 rings (SSSR count). The fraction of sp³-hybridized carbons (Fsp3) is 0.294. The third-order valence-corrected chi connectivity index (χ3v) is 4.18. The highest BCUT2D eigenvalue weighted by atomic mass is 32.1. The number of methoxy groups -OCH3 is 1. The second-order valence-electron chi connectivity index (χ2n) is 5.26. The van der Waals surface area contributed by atoms with Crippen molar-refractivity contribution in [1.82, 2.24) is 5.32 Å². The molecule has 6 nitrogen and oxygen atoms in total. The van der Waals surface area contributed by atoms with Crippen LogP contribution in [-0.4, -0.2) is 25.0 Å². The van der Waals surface area contributed by atoms with Crippen molar-refractivity contribution >= 4 is 34.5 Å². The maximum absolute atomic E-state index is 12.2. The minimum Gasteiger partial charge on any atom is -0.495 e. The highest BCUT2D eigenvalue weighted by Crippen LogP contribution is 2.28. The number of carbonyl (C=O) groups is 2. The maximum Gasteiger partial charge on any atom is 0.242 e. The van der Waals surface area contributed by atoms with Gasteiger partial charge >= 0.3 is 0 Å². The van der Waals surface area contributed by atoms with E-state index in [0.717, 1.165) is 4.88 Å². The molecule has 2 aromatic rings. The number of nitrogens with one attached hydrogen (secondary N) is 3. The SMILES string of the molecule is COc1ccc(NC(C)=O)cc1N[C@H](C)C(=O)NCc1cccs1. The van der Waals surface area contributed by atoms with Crippen molar-refractivity contribution in [2.45, 2.75) is 26.4 Å². The summed E-state index contributed by atoms with van der Waals surface area (Å²) in [5.74, 6) is 0.324. The van der Waals surface area contributed by atoms with Crippen molar-refractivity contribution in [3.05, 3.63) is 40.6 Å². The highest BCUT2D eigenvalue weighted by molar-refractivity contribution is 7.09. The number of carbonyl (C=O) groups excluding carboxylic acids is 2. The average molecular weight is 347 g/mol. The number of anilines is 2. The predicted molar refractivity (Wildman–Crippen MR) is 96.5 cm³/mol. The van der Waals surface area contributed by atoms with Crippen LogP contribution in [0.15, 0.2) is 35.7 Å². The number of benzene rings is 1. The van der Waals surface area contributed by atoms with E-state index >= 15 is 0 Å². The highest BCUT2D eigenvalue weighted by Gasteiger charge is 2.15. The molecule has 0 saturated carbocycles. The molecular weight excluding hydrogens is 326 g/mol. The zero-order valence-electron chi connectivity index (χ0n) is 13.9. The van der Waals surface area contributed by atoms with Crippen LogP contribution < -0.4 is 20.7 Å². The van der Waals surface area contributed by atoms with Gasteiger partial charge in [-0.15, -0.1) is 11.3 Å². The van der Waals surface area contributed by atoms with Gasteiger partial charge in [0.25, 0.3) is 0 Å². The quantitative estimate of drug-likeness (QED) is 0.719. The zero-order valence-corrected chi connectivity index (χ0v) is 14.7. The Balaban J connectivity index is 2.01. The molecule has 24 heavy (non-hydrogen) atoms. The Bertz CT molecular complexity index is 701. The van der Waals surface area contributed by atoms with Gasteiger partial charge < -0.3 is 20.7 Å². The molecule has 0 aliphatic carbocycles. The van der Waals surface area contributed by atoms with Crippen LogP contribution in [0, 0.1) is 0 Å². The summed E-state index contributed by atoms with van der Waals surface area (Å²) in [6.45, 7) is 3.72. The molecule has 1 aromatic heterocycles. The lowest BCUT2D eigenvalue weighted by Gasteiger charge is -2.18. The van der Waals surface area contributed by atoms with Crippen molar-refractivity contribution in [3.8, 4) is 5.75 Å². The van der Waals surface area contributed by atoms with Crippen LogP contribution in [0.5, 0.6) is 5.75 Å². The number of ether oxygens (including phenoxy) is 1. The summed E-state index contributed by atoms with van der Waals surface area (Å²) >= 11 is 1.60. The molecule has 0 unspecified atom stereocenters. The second kappa shape index (κ2) is 8.35. The van der Waals surface area contributed by atoms with Gasteiger partial charge in [0.2, 0.25) is 11.8 Å². The van der Waals surface area contributed by atoms with E-state index in [-0.39, 0.29) is 11.8 Å². The third-order valence-electron chi connectivity index (χ3n) is 3.30. The number of hydrogen-bond acceptors (Lipinski definition) is 5. The minimum absolute atomic E-state index is 0.115. The summed E-state index contributed by atoms with van der Waals surface area (Å²) in [6.07, 6.45) is 0. The fourth-order valence-electron chi connectivity index (χ4n) is 2.14. The third kappa shape index (κ3) is 4.99. The minimum atomic E-state index is -0.452. The van der Waals surface area contributed by atoms with E-state index in [1.807, 2.05) is 17.5 Å². The van der Waals surface area contributed by atoms with E-state index in [9.17, 15) is 9.59 Å². The Kier molecular flexibility index (Phi) is 6.20. The molecule has 0 saturated heterocycles. The van der Waals surface area contributed by atoms with Crippen LogP contribution in [0.1, 0.15) is 18.7 Å². The van der Waals surface area contributed by atoms with E-state index < -0.39 is 6.04 Å². The van der Waals surface area contributed by atoms with Gasteiger partial charge in [0, 0.05) is 17.5 Å². The van der Waals surface area contributed by atoms with Crippen LogP contribution in [-0.2, 0) is 16.1 Å². The number of rotatable bonds is 7. The topological polar surface area (TPSA) is 79.5 Å². The van der Waals surface area contributed by atoms with Gasteiger partial charge in [-0.05, 0) is 36.6 Å². The number of amides is 2. The first-order chi connectivity index (χ1) is 11.5. The van der Waals surface area contributed by atoms with Crippen LogP contribution in [0.25, 0.3) is 0 Å². The molecule has 0 aliphatic heterocycles. The predicted octanol–water partition coefficient (Wildman–Crippen LogP) is 2.83. The molecule has 1 heterocycles. The maximum atomic E-state index is 12.2. The van der Waals surface area contributed by atoms with Crippen molar-refractivity contribution in [2.24, 2.45) is 0 Å². The fourth-order valence-corrected chi connectivity index (χ4v) is 2.79. The molecule has 1 aromatic carbocycles. The largest absolute Gasteiger partial charge is 0.495 e. The van der Waals surface area contributed by atoms with Gasteiger partial charge in [-0.2, -0.15) is 0 Å². The summed E-state index contributed by atoms with van der Waals surface area (Å²) in [4.78, 5) is 24.5. The average Bonchev–Trinajstić information content (AvgIpc) is 3.05. The molecule has 2 amide bonds. The Morgan fingerprint density at radius 3 is 2.71 bits per heavy atom. The van der Waals surface area contributed by atoms with E-state index in [1.165, 1.54) is 6.92 Å². The molecule has 3 N–H and O–H groups in total. The number of thiophene rings is 1. The van der Waals surface area contributed by atoms with Gasteiger partial charge in [-0.25, -0.2) is 0 Å². The normalized spacial score (nSPS) is 11.5. The van der Waals surface area contributed by atoms with Crippen LogP contribution in [0.3, 0.4) is 0 Å². The molecule has 0 bridgehead atoms. The summed E-state index contributed by atoms with van der Waals surface area (Å²) in [7, 11) is 1.56. The summed E-state index contributed by atoms with van der Waals surface area (Å²) in [5.41, 5.74) is 1.28. The van der Waals surface area contributed by atoms with E-state index in [1.54, 1.807) is 43.6 Å². The van der Waals surface area contributed by atoms with Crippen molar-refractivity contribution in [3.63, 3.8) is 0 Å². The molecule has 1 atom stereocenters. The van der Waals surface area contributed by atoms with Crippen molar-refractivity contribution < 1.29 is 14.3 Å². The first kappa shape index (κ1) is 17.8. The van der Waals surface area contributed by atoms with Crippen molar-refractivity contribution in [1.29, 1.82) is 0 Å². The van der Waals surface area contributed by atoms with Gasteiger partial charge in [-0.3, -0.25) is 9.59 Å². The summed E-state index contributed by atoms with van der Waals surface area (Å²) in [6, 6.07) is 8.70. The first-order valence-electron chi connectivity index (χ1n) is 7.52. The van der Waals surface area contributed by atoms with Gasteiger partial charge in [0.1, 0.15) is 11.8 Å². The molecule has 0 fully saturated rings. The van der Waals surface area contributed by atoms with Gasteiger partial charge in [0.15, 0.2) is 0 Å². The molecule has 0 aliphatic rings. The summed E-state index contributed by atoms with van der Waals surface area (Å²) < 4.78 is 5.30. The van der Waals surface area contributed by atoms with Gasteiger partial charge in [0.05, 0.1) is 19.3 Å². The van der Waals surface area contributed by atoms with Crippen LogP contribution in [0.4, 0.5) is 11.4 Å². The standard InChI is InChI=1S/C17H21N3O3S/c1-11(17(22)18-10-14-5-4-8-24-14)19-15-9-13(20-12(2)21)6-7-16(15)23-3/h4-9,11,19H,10H2,1-3H3,(H,18,22)(H,20,21)/t11-/m1/s1. The Labute approximate surface area is 145 Å². The lowest BCUT2D eigenvalue weighted by atomic mass is 10.2. The monoisotopic (exact) mass is 347 g/mol. The molecule has 0 spiro atoms. The summed E-state index contributed by atoms with van der Waals surface area (Å²) in [5, 5.41) is 10.7. The van der Waals surface area contributed by atoms with Gasteiger partial charge in [-0.1, -0.05) is 6.07 Å². The molecule has 0 radical (unpaired) electrons. The van der Waals surface area contributed by atoms with Crippen LogP contribution in [0.2, 0.25) is 0 Å². The Hall–Kier alpha value is -2.54. The smallest absolute Gasteiger partial charge is 0.242 e.